The lowest BCUT2D eigenvalue weighted by Crippen LogP contribution is -2.49. The standard InChI is InChI=1S/C20H21ClFNO2/c1-25-18-8-3-14(13-17(18)22)9-12-23-19(24)20(10-2-11-20)15-4-6-16(21)7-5-15/h3-8,13H,2,9-12H2,1H3,(H,23,24). The molecule has 1 aliphatic carbocycles. The van der Waals surface area contributed by atoms with Crippen LogP contribution in [0.1, 0.15) is 30.4 Å². The van der Waals surface area contributed by atoms with Crippen LogP contribution in [0.2, 0.25) is 5.02 Å². The summed E-state index contributed by atoms with van der Waals surface area (Å²) in [5.74, 6) is -0.123. The third kappa shape index (κ3) is 3.64. The molecule has 1 amide bonds. The first-order chi connectivity index (χ1) is 12.0. The largest absolute Gasteiger partial charge is 0.494 e. The topological polar surface area (TPSA) is 38.3 Å². The third-order valence-corrected chi connectivity index (χ3v) is 5.21. The fourth-order valence-corrected chi connectivity index (χ4v) is 3.43. The summed E-state index contributed by atoms with van der Waals surface area (Å²) >= 11 is 5.95. The first-order valence-corrected chi connectivity index (χ1v) is 8.80. The lowest BCUT2D eigenvalue weighted by Gasteiger charge is -2.40. The molecule has 2 aromatic carbocycles. The maximum Gasteiger partial charge on any atom is 0.230 e. The summed E-state index contributed by atoms with van der Waals surface area (Å²) < 4.78 is 18.6. The smallest absolute Gasteiger partial charge is 0.230 e. The second kappa shape index (κ2) is 7.44. The lowest BCUT2D eigenvalue weighted by molar-refractivity contribution is -0.129. The Balaban J connectivity index is 1.61. The van der Waals surface area contributed by atoms with Gasteiger partial charge in [0.2, 0.25) is 5.91 Å². The Morgan fingerprint density at radius 3 is 2.52 bits per heavy atom. The van der Waals surface area contributed by atoms with Gasteiger partial charge in [0.15, 0.2) is 11.6 Å². The molecule has 1 aliphatic rings. The van der Waals surface area contributed by atoms with Gasteiger partial charge in [-0.25, -0.2) is 4.39 Å². The van der Waals surface area contributed by atoms with Crippen molar-refractivity contribution in [2.45, 2.75) is 31.1 Å². The normalized spacial score (nSPS) is 15.3. The third-order valence-electron chi connectivity index (χ3n) is 4.95. The van der Waals surface area contributed by atoms with E-state index in [0.717, 1.165) is 30.4 Å². The van der Waals surface area contributed by atoms with Gasteiger partial charge in [-0.3, -0.25) is 4.79 Å². The Kier molecular flexibility index (Phi) is 5.28. The van der Waals surface area contributed by atoms with Crippen molar-refractivity contribution < 1.29 is 13.9 Å². The molecule has 0 heterocycles. The molecule has 1 fully saturated rings. The minimum absolute atomic E-state index is 0.0371. The molecular formula is C20H21ClFNO2. The van der Waals surface area contributed by atoms with Gasteiger partial charge in [-0.05, 0) is 54.7 Å². The minimum Gasteiger partial charge on any atom is -0.494 e. The van der Waals surface area contributed by atoms with Crippen molar-refractivity contribution in [3.8, 4) is 5.75 Å². The van der Waals surface area contributed by atoms with Gasteiger partial charge in [-0.15, -0.1) is 0 Å². The zero-order valence-electron chi connectivity index (χ0n) is 14.1. The van der Waals surface area contributed by atoms with E-state index < -0.39 is 5.41 Å². The summed E-state index contributed by atoms with van der Waals surface area (Å²) in [6.45, 7) is 0.472. The lowest BCUT2D eigenvalue weighted by atomic mass is 9.64. The van der Waals surface area contributed by atoms with Gasteiger partial charge in [0, 0.05) is 11.6 Å². The van der Waals surface area contributed by atoms with Crippen molar-refractivity contribution >= 4 is 17.5 Å². The molecule has 3 rings (SSSR count). The van der Waals surface area contributed by atoms with Crippen molar-refractivity contribution in [1.29, 1.82) is 0 Å². The highest BCUT2D eigenvalue weighted by atomic mass is 35.5. The SMILES string of the molecule is COc1ccc(CCNC(=O)C2(c3ccc(Cl)cc3)CCC2)cc1F. The van der Waals surface area contributed by atoms with Crippen molar-refractivity contribution in [2.75, 3.05) is 13.7 Å². The zero-order valence-corrected chi connectivity index (χ0v) is 14.9. The molecule has 0 aliphatic heterocycles. The van der Waals surface area contributed by atoms with E-state index in [4.69, 9.17) is 16.3 Å². The van der Waals surface area contributed by atoms with Gasteiger partial charge < -0.3 is 10.1 Å². The number of benzene rings is 2. The molecule has 5 heteroatoms. The van der Waals surface area contributed by atoms with Crippen LogP contribution in [-0.2, 0) is 16.6 Å². The van der Waals surface area contributed by atoms with Crippen LogP contribution in [0.4, 0.5) is 4.39 Å². The molecule has 0 bridgehead atoms. The molecule has 132 valence electrons. The predicted molar refractivity (Wildman–Crippen MR) is 96.6 cm³/mol. The van der Waals surface area contributed by atoms with Crippen molar-refractivity contribution in [1.82, 2.24) is 5.32 Å². The molecule has 1 N–H and O–H groups in total. The highest BCUT2D eigenvalue weighted by Gasteiger charge is 2.45. The average molecular weight is 362 g/mol. The van der Waals surface area contributed by atoms with Crippen LogP contribution in [0.5, 0.6) is 5.75 Å². The molecule has 3 nitrogen and oxygen atoms in total. The number of rotatable bonds is 6. The molecule has 1 saturated carbocycles. The van der Waals surface area contributed by atoms with E-state index in [2.05, 4.69) is 5.32 Å². The molecular weight excluding hydrogens is 341 g/mol. The number of amides is 1. The van der Waals surface area contributed by atoms with Crippen molar-refractivity contribution in [2.24, 2.45) is 0 Å². The number of carbonyl (C=O) groups excluding carboxylic acids is 1. The minimum atomic E-state index is -0.449. The number of carbonyl (C=O) groups is 1. The molecule has 0 radical (unpaired) electrons. The van der Waals surface area contributed by atoms with E-state index in [1.165, 1.54) is 13.2 Å². The fourth-order valence-electron chi connectivity index (χ4n) is 3.30. The Hall–Kier alpha value is -2.07. The number of hydrogen-bond acceptors (Lipinski definition) is 2. The van der Waals surface area contributed by atoms with Crippen LogP contribution in [-0.4, -0.2) is 19.6 Å². The molecule has 0 atom stereocenters. The maximum absolute atomic E-state index is 13.7. The monoisotopic (exact) mass is 361 g/mol. The van der Waals surface area contributed by atoms with Crippen LogP contribution >= 0.6 is 11.6 Å². The summed E-state index contributed by atoms with van der Waals surface area (Å²) in [6.07, 6.45) is 3.30. The fraction of sp³-hybridized carbons (Fsp3) is 0.350. The first-order valence-electron chi connectivity index (χ1n) is 8.42. The number of nitrogens with one attached hydrogen (secondary N) is 1. The summed E-state index contributed by atoms with van der Waals surface area (Å²) in [7, 11) is 1.44. The Labute approximate surface area is 152 Å². The molecule has 0 saturated heterocycles. The van der Waals surface area contributed by atoms with E-state index in [9.17, 15) is 9.18 Å². The summed E-state index contributed by atoms with van der Waals surface area (Å²) in [4.78, 5) is 12.8. The van der Waals surface area contributed by atoms with Crippen LogP contribution in [0, 0.1) is 5.82 Å². The van der Waals surface area contributed by atoms with E-state index in [0.29, 0.717) is 18.0 Å². The maximum atomic E-state index is 13.7. The number of hydrogen-bond donors (Lipinski definition) is 1. The van der Waals surface area contributed by atoms with Crippen LogP contribution in [0.15, 0.2) is 42.5 Å². The van der Waals surface area contributed by atoms with Crippen molar-refractivity contribution in [3.63, 3.8) is 0 Å². The average Bonchev–Trinajstić information content (AvgIpc) is 2.56. The van der Waals surface area contributed by atoms with Gasteiger partial charge >= 0.3 is 0 Å². The summed E-state index contributed by atoms with van der Waals surface area (Å²) in [6, 6.07) is 12.4. The van der Waals surface area contributed by atoms with Gasteiger partial charge in [-0.1, -0.05) is 36.2 Å². The van der Waals surface area contributed by atoms with E-state index in [-0.39, 0.29) is 17.5 Å². The van der Waals surface area contributed by atoms with E-state index in [1.54, 1.807) is 6.07 Å². The Bertz CT molecular complexity index is 757. The number of methoxy groups -OCH3 is 1. The predicted octanol–water partition coefficient (Wildman–Crippen LogP) is 4.27. The van der Waals surface area contributed by atoms with Crippen LogP contribution < -0.4 is 10.1 Å². The molecule has 0 spiro atoms. The second-order valence-corrected chi connectivity index (χ2v) is 6.85. The van der Waals surface area contributed by atoms with Gasteiger partial charge in [0.25, 0.3) is 0 Å². The molecule has 2 aromatic rings. The summed E-state index contributed by atoms with van der Waals surface area (Å²) in [5.41, 5.74) is 1.39. The quantitative estimate of drug-likeness (QED) is 0.834. The molecule has 0 unspecified atom stereocenters. The first kappa shape index (κ1) is 17.7. The molecule has 25 heavy (non-hydrogen) atoms. The number of ether oxygens (including phenoxy) is 1. The van der Waals surface area contributed by atoms with Gasteiger partial charge in [-0.2, -0.15) is 0 Å². The zero-order chi connectivity index (χ0) is 17.9. The van der Waals surface area contributed by atoms with Crippen LogP contribution in [0.25, 0.3) is 0 Å². The van der Waals surface area contributed by atoms with E-state index >= 15 is 0 Å². The van der Waals surface area contributed by atoms with Crippen LogP contribution in [0.3, 0.4) is 0 Å². The van der Waals surface area contributed by atoms with Gasteiger partial charge in [0.1, 0.15) is 0 Å². The van der Waals surface area contributed by atoms with E-state index in [1.807, 2.05) is 30.3 Å². The number of halogens is 2. The molecule has 0 aromatic heterocycles. The van der Waals surface area contributed by atoms with Gasteiger partial charge in [0.05, 0.1) is 12.5 Å². The second-order valence-electron chi connectivity index (χ2n) is 6.42. The highest BCUT2D eigenvalue weighted by molar-refractivity contribution is 6.30. The van der Waals surface area contributed by atoms with Crippen molar-refractivity contribution in [3.05, 3.63) is 64.4 Å². The Morgan fingerprint density at radius 2 is 1.96 bits per heavy atom. The summed E-state index contributed by atoms with van der Waals surface area (Å²) in [5, 5.41) is 3.68. The Morgan fingerprint density at radius 1 is 1.24 bits per heavy atom. The highest BCUT2D eigenvalue weighted by Crippen LogP contribution is 2.44.